The number of hydrogen-bond donors (Lipinski definition) is 0. The summed E-state index contributed by atoms with van der Waals surface area (Å²) < 4.78 is 5.21. The monoisotopic (exact) mass is 320 g/mol. The van der Waals surface area contributed by atoms with Gasteiger partial charge in [-0.25, -0.2) is 0 Å². The van der Waals surface area contributed by atoms with Crippen molar-refractivity contribution in [2.75, 3.05) is 13.2 Å². The minimum Gasteiger partial charge on any atom is -0.380 e. The first kappa shape index (κ1) is 17.8. The first-order valence-electron chi connectivity index (χ1n) is 10.5. The second-order valence-corrected chi connectivity index (χ2v) is 10.2. The summed E-state index contributed by atoms with van der Waals surface area (Å²) in [6, 6.07) is 0. The Kier molecular flexibility index (Phi) is 5.46. The van der Waals surface area contributed by atoms with Crippen LogP contribution in [0.5, 0.6) is 0 Å². The average Bonchev–Trinajstić information content (AvgIpc) is 2.81. The molecule has 0 aromatic carbocycles. The van der Waals surface area contributed by atoms with E-state index in [9.17, 15) is 0 Å². The topological polar surface area (TPSA) is 9.23 Å². The lowest BCUT2D eigenvalue weighted by Crippen LogP contribution is -2.53. The third-order valence-corrected chi connectivity index (χ3v) is 7.75. The highest BCUT2D eigenvalue weighted by Gasteiger charge is 2.50. The maximum atomic E-state index is 5.21. The minimum absolute atomic E-state index is 0.676. The molecule has 0 bridgehead atoms. The van der Waals surface area contributed by atoms with E-state index in [1.807, 2.05) is 0 Å². The van der Waals surface area contributed by atoms with Crippen molar-refractivity contribution < 1.29 is 4.74 Å². The van der Waals surface area contributed by atoms with E-state index >= 15 is 0 Å². The van der Waals surface area contributed by atoms with Crippen molar-refractivity contribution in [3.05, 3.63) is 0 Å². The molecule has 4 fully saturated rings. The molecule has 1 heterocycles. The van der Waals surface area contributed by atoms with Crippen LogP contribution in [0.2, 0.25) is 0 Å². The zero-order chi connectivity index (χ0) is 16.5. The van der Waals surface area contributed by atoms with Gasteiger partial charge >= 0.3 is 0 Å². The highest BCUT2D eigenvalue weighted by Crippen LogP contribution is 2.53. The molecule has 1 unspecified atom stereocenters. The van der Waals surface area contributed by atoms with Gasteiger partial charge in [0.25, 0.3) is 0 Å². The van der Waals surface area contributed by atoms with Crippen LogP contribution in [-0.2, 0) is 4.74 Å². The van der Waals surface area contributed by atoms with E-state index in [0.717, 1.165) is 42.3 Å². The lowest BCUT2D eigenvalue weighted by atomic mass is 9.58. The van der Waals surface area contributed by atoms with Crippen LogP contribution < -0.4 is 0 Å². The third-order valence-electron chi connectivity index (χ3n) is 7.75. The van der Waals surface area contributed by atoms with E-state index < -0.39 is 0 Å². The molecule has 1 heteroatoms. The van der Waals surface area contributed by atoms with Crippen molar-refractivity contribution in [2.45, 2.75) is 91.9 Å². The third kappa shape index (κ3) is 3.97. The molecule has 1 saturated heterocycles. The van der Waals surface area contributed by atoms with Crippen LogP contribution in [0.3, 0.4) is 0 Å². The quantitative estimate of drug-likeness (QED) is 0.567. The fourth-order valence-electron chi connectivity index (χ4n) is 5.73. The highest BCUT2D eigenvalue weighted by atomic mass is 16.5. The largest absolute Gasteiger partial charge is 0.380 e. The van der Waals surface area contributed by atoms with Crippen LogP contribution in [0, 0.1) is 34.5 Å². The van der Waals surface area contributed by atoms with Gasteiger partial charge in [-0.2, -0.15) is 0 Å². The SMILES string of the molecule is CC(C)C1CC2(COC2)C1.CC(C)C1CCC2(CCCCC2)C1. The maximum Gasteiger partial charge on any atom is 0.0545 e. The predicted octanol–water partition coefficient (Wildman–Crippen LogP) is 6.46. The molecule has 0 radical (unpaired) electrons. The normalized spacial score (nSPS) is 31.8. The number of hydrogen-bond acceptors (Lipinski definition) is 1. The molecule has 23 heavy (non-hydrogen) atoms. The Morgan fingerprint density at radius 1 is 0.696 bits per heavy atom. The summed E-state index contributed by atoms with van der Waals surface area (Å²) in [5.74, 6) is 3.88. The summed E-state index contributed by atoms with van der Waals surface area (Å²) in [5, 5.41) is 0. The Bertz CT molecular complexity index is 365. The van der Waals surface area contributed by atoms with E-state index in [1.165, 1.54) is 38.5 Å². The van der Waals surface area contributed by atoms with Gasteiger partial charge in [-0.3, -0.25) is 0 Å². The number of rotatable bonds is 2. The Morgan fingerprint density at radius 2 is 1.26 bits per heavy atom. The first-order chi connectivity index (χ1) is 10.9. The Hall–Kier alpha value is -0.0400. The van der Waals surface area contributed by atoms with Gasteiger partial charge in [0.2, 0.25) is 0 Å². The molecule has 0 aromatic rings. The van der Waals surface area contributed by atoms with E-state index in [1.54, 1.807) is 25.7 Å². The molecule has 1 atom stereocenters. The van der Waals surface area contributed by atoms with Crippen molar-refractivity contribution >= 4 is 0 Å². The minimum atomic E-state index is 0.676. The Morgan fingerprint density at radius 3 is 1.70 bits per heavy atom. The van der Waals surface area contributed by atoms with Gasteiger partial charge in [0.15, 0.2) is 0 Å². The maximum absolute atomic E-state index is 5.21. The van der Waals surface area contributed by atoms with Crippen molar-refractivity contribution in [1.29, 1.82) is 0 Å². The highest BCUT2D eigenvalue weighted by molar-refractivity contribution is 4.98. The molecule has 0 amide bonds. The van der Waals surface area contributed by atoms with Crippen LogP contribution in [-0.4, -0.2) is 13.2 Å². The van der Waals surface area contributed by atoms with Gasteiger partial charge in [-0.1, -0.05) is 47.0 Å². The Labute approximate surface area is 144 Å². The molecule has 4 rings (SSSR count). The molecule has 4 aliphatic rings. The van der Waals surface area contributed by atoms with Crippen LogP contribution in [0.15, 0.2) is 0 Å². The van der Waals surface area contributed by atoms with Crippen molar-refractivity contribution in [3.63, 3.8) is 0 Å². The van der Waals surface area contributed by atoms with Gasteiger partial charge in [0, 0.05) is 5.41 Å². The summed E-state index contributed by atoms with van der Waals surface area (Å²) in [5.41, 5.74) is 1.50. The predicted molar refractivity (Wildman–Crippen MR) is 98.5 cm³/mol. The zero-order valence-corrected chi connectivity index (χ0v) is 16.2. The van der Waals surface area contributed by atoms with Crippen LogP contribution in [0.4, 0.5) is 0 Å². The fourth-order valence-corrected chi connectivity index (χ4v) is 5.73. The Balaban J connectivity index is 0.000000140. The van der Waals surface area contributed by atoms with E-state index in [-0.39, 0.29) is 0 Å². The lowest BCUT2D eigenvalue weighted by molar-refractivity contribution is -0.185. The molecule has 134 valence electrons. The molecule has 0 N–H and O–H groups in total. The number of ether oxygens (including phenoxy) is 1. The summed E-state index contributed by atoms with van der Waals surface area (Å²) in [6.07, 6.45) is 15.2. The fraction of sp³-hybridized carbons (Fsp3) is 1.00. The smallest absolute Gasteiger partial charge is 0.0545 e. The van der Waals surface area contributed by atoms with Crippen LogP contribution in [0.1, 0.15) is 91.9 Å². The molecule has 3 saturated carbocycles. The molecule has 0 aromatic heterocycles. The van der Waals surface area contributed by atoms with Crippen molar-refractivity contribution in [1.82, 2.24) is 0 Å². The standard InChI is InChI=1S/C13H24.C9H16O/c1-11(2)12-6-9-13(10-12)7-4-3-5-8-13;1-7(2)8-3-9(4-8)5-10-6-9/h11-12H,3-10H2,1-2H3;7-8H,3-6H2,1-2H3. The van der Waals surface area contributed by atoms with Gasteiger partial charge in [0.1, 0.15) is 0 Å². The molecular formula is C22H40O. The van der Waals surface area contributed by atoms with Crippen LogP contribution in [0.25, 0.3) is 0 Å². The zero-order valence-electron chi connectivity index (χ0n) is 16.2. The van der Waals surface area contributed by atoms with Gasteiger partial charge < -0.3 is 4.74 Å². The van der Waals surface area contributed by atoms with Gasteiger partial charge in [0.05, 0.1) is 13.2 Å². The second kappa shape index (κ2) is 7.06. The molecule has 1 aliphatic heterocycles. The molecular weight excluding hydrogens is 280 g/mol. The van der Waals surface area contributed by atoms with Crippen LogP contribution >= 0.6 is 0 Å². The summed E-state index contributed by atoms with van der Waals surface area (Å²) in [4.78, 5) is 0. The van der Waals surface area contributed by atoms with Crippen molar-refractivity contribution in [2.24, 2.45) is 34.5 Å². The van der Waals surface area contributed by atoms with E-state index in [2.05, 4.69) is 27.7 Å². The van der Waals surface area contributed by atoms with Gasteiger partial charge in [-0.05, 0) is 74.0 Å². The first-order valence-corrected chi connectivity index (χ1v) is 10.5. The summed E-state index contributed by atoms with van der Waals surface area (Å²) in [7, 11) is 0. The van der Waals surface area contributed by atoms with E-state index in [4.69, 9.17) is 4.74 Å². The van der Waals surface area contributed by atoms with E-state index in [0.29, 0.717) is 5.41 Å². The molecule has 1 nitrogen and oxygen atoms in total. The molecule has 3 aliphatic carbocycles. The second-order valence-electron chi connectivity index (χ2n) is 10.2. The van der Waals surface area contributed by atoms with Crippen molar-refractivity contribution in [3.8, 4) is 0 Å². The molecule has 2 spiro atoms. The lowest BCUT2D eigenvalue weighted by Gasteiger charge is -2.54. The summed E-state index contributed by atoms with van der Waals surface area (Å²) >= 11 is 0. The summed E-state index contributed by atoms with van der Waals surface area (Å²) in [6.45, 7) is 11.6. The average molecular weight is 321 g/mol. The van der Waals surface area contributed by atoms with Gasteiger partial charge in [-0.15, -0.1) is 0 Å².